The van der Waals surface area contributed by atoms with Crippen LogP contribution in [0.3, 0.4) is 0 Å². The van der Waals surface area contributed by atoms with Crippen LogP contribution in [0, 0.1) is 13.8 Å². The molecule has 0 atom stereocenters. The molecule has 0 aliphatic heterocycles. The highest BCUT2D eigenvalue weighted by molar-refractivity contribution is 6.20. The highest BCUT2D eigenvalue weighted by Gasteiger charge is 2.08. The predicted molar refractivity (Wildman–Crippen MR) is 106 cm³/mol. The Balaban J connectivity index is 2.02. The van der Waals surface area contributed by atoms with Crippen LogP contribution >= 0.6 is 0 Å². The molecule has 0 N–H and O–H groups in total. The van der Waals surface area contributed by atoms with Crippen LogP contribution in [0.15, 0.2) is 72.8 Å². The van der Waals surface area contributed by atoms with Gasteiger partial charge in [0.05, 0.1) is 0 Å². The zero-order valence-electron chi connectivity index (χ0n) is 13.9. The smallest absolute Gasteiger partial charge is 0.00733 e. The average molecular weight is 306 g/mol. The minimum atomic E-state index is 1.30. The quantitative estimate of drug-likeness (QED) is 0.215. The maximum Gasteiger partial charge on any atom is -0.00733 e. The molecule has 0 aliphatic rings. The molecule has 0 saturated carbocycles. The SMILES string of the molecule is Cc1ccc2ccc3c4cc5ccccc5cc4ccc3c2c1C. The summed E-state index contributed by atoms with van der Waals surface area (Å²) in [5, 5.41) is 10.7. The van der Waals surface area contributed by atoms with Crippen LogP contribution in [0.1, 0.15) is 11.1 Å². The largest absolute Gasteiger partial charge is 0.0616 e. The minimum Gasteiger partial charge on any atom is -0.0616 e. The van der Waals surface area contributed by atoms with E-state index >= 15 is 0 Å². The summed E-state index contributed by atoms with van der Waals surface area (Å²) in [7, 11) is 0. The van der Waals surface area contributed by atoms with Gasteiger partial charge in [0.1, 0.15) is 0 Å². The van der Waals surface area contributed by atoms with E-state index in [-0.39, 0.29) is 0 Å². The van der Waals surface area contributed by atoms with E-state index < -0.39 is 0 Å². The molecule has 5 rings (SSSR count). The lowest BCUT2D eigenvalue weighted by Crippen LogP contribution is -1.87. The average Bonchev–Trinajstić information content (AvgIpc) is 2.62. The van der Waals surface area contributed by atoms with Crippen LogP contribution in [0.4, 0.5) is 0 Å². The molecular weight excluding hydrogens is 288 g/mol. The topological polar surface area (TPSA) is 0 Å². The van der Waals surface area contributed by atoms with Crippen molar-refractivity contribution < 1.29 is 0 Å². The second kappa shape index (κ2) is 4.82. The van der Waals surface area contributed by atoms with Gasteiger partial charge in [-0.1, -0.05) is 60.7 Å². The van der Waals surface area contributed by atoms with Crippen LogP contribution in [-0.4, -0.2) is 0 Å². The van der Waals surface area contributed by atoms with Crippen molar-refractivity contribution in [2.45, 2.75) is 13.8 Å². The number of fused-ring (bicyclic) bond motifs is 6. The third kappa shape index (κ3) is 1.80. The molecule has 114 valence electrons. The highest BCUT2D eigenvalue weighted by Crippen LogP contribution is 2.35. The Labute approximate surface area is 141 Å². The molecule has 0 unspecified atom stereocenters. The van der Waals surface area contributed by atoms with Crippen LogP contribution in [0.5, 0.6) is 0 Å². The van der Waals surface area contributed by atoms with E-state index in [9.17, 15) is 0 Å². The Hall–Kier alpha value is -2.86. The predicted octanol–water partition coefficient (Wildman–Crippen LogP) is 6.92. The number of rotatable bonds is 0. The third-order valence-corrected chi connectivity index (χ3v) is 5.39. The van der Waals surface area contributed by atoms with Crippen molar-refractivity contribution in [3.8, 4) is 0 Å². The third-order valence-electron chi connectivity index (χ3n) is 5.39. The first kappa shape index (κ1) is 13.6. The van der Waals surface area contributed by atoms with Gasteiger partial charge < -0.3 is 0 Å². The Morgan fingerprint density at radius 3 is 2.00 bits per heavy atom. The number of benzene rings is 5. The fourth-order valence-corrected chi connectivity index (χ4v) is 3.94. The van der Waals surface area contributed by atoms with Crippen LogP contribution in [0.25, 0.3) is 43.1 Å². The van der Waals surface area contributed by atoms with Crippen molar-refractivity contribution in [1.29, 1.82) is 0 Å². The molecule has 0 bridgehead atoms. The first-order valence-corrected chi connectivity index (χ1v) is 8.46. The summed E-state index contributed by atoms with van der Waals surface area (Å²) in [5.41, 5.74) is 2.74. The first-order chi connectivity index (χ1) is 11.7. The van der Waals surface area contributed by atoms with E-state index in [2.05, 4.69) is 86.6 Å². The Bertz CT molecular complexity index is 1260. The summed E-state index contributed by atoms with van der Waals surface area (Å²) in [6.07, 6.45) is 0. The summed E-state index contributed by atoms with van der Waals surface area (Å²) in [6, 6.07) is 26.8. The molecule has 0 saturated heterocycles. The van der Waals surface area contributed by atoms with Gasteiger partial charge in [-0.3, -0.25) is 0 Å². The molecule has 0 radical (unpaired) electrons. The number of hydrogen-bond donors (Lipinski definition) is 0. The lowest BCUT2D eigenvalue weighted by molar-refractivity contribution is 1.39. The second-order valence-electron chi connectivity index (χ2n) is 6.75. The zero-order valence-corrected chi connectivity index (χ0v) is 13.9. The van der Waals surface area contributed by atoms with Crippen LogP contribution in [0.2, 0.25) is 0 Å². The van der Waals surface area contributed by atoms with Gasteiger partial charge >= 0.3 is 0 Å². The van der Waals surface area contributed by atoms with Crippen molar-refractivity contribution in [2.75, 3.05) is 0 Å². The molecule has 5 aromatic carbocycles. The summed E-state index contributed by atoms with van der Waals surface area (Å²) in [4.78, 5) is 0. The van der Waals surface area contributed by atoms with Gasteiger partial charge in [-0.25, -0.2) is 0 Å². The van der Waals surface area contributed by atoms with Crippen molar-refractivity contribution in [3.63, 3.8) is 0 Å². The molecule has 0 nitrogen and oxygen atoms in total. The Kier molecular flexibility index (Phi) is 2.72. The second-order valence-corrected chi connectivity index (χ2v) is 6.75. The summed E-state index contributed by atoms with van der Waals surface area (Å²) >= 11 is 0. The van der Waals surface area contributed by atoms with Crippen molar-refractivity contribution >= 4 is 43.1 Å². The van der Waals surface area contributed by atoms with E-state index in [1.165, 1.54) is 54.2 Å². The molecule has 0 heteroatoms. The molecule has 0 aromatic heterocycles. The van der Waals surface area contributed by atoms with Gasteiger partial charge in [0.25, 0.3) is 0 Å². The molecule has 24 heavy (non-hydrogen) atoms. The van der Waals surface area contributed by atoms with E-state index in [1.807, 2.05) is 0 Å². The van der Waals surface area contributed by atoms with Crippen molar-refractivity contribution in [3.05, 3.63) is 83.9 Å². The van der Waals surface area contributed by atoms with Crippen molar-refractivity contribution in [2.24, 2.45) is 0 Å². The summed E-state index contributed by atoms with van der Waals surface area (Å²) < 4.78 is 0. The van der Waals surface area contributed by atoms with Gasteiger partial charge in [0, 0.05) is 0 Å². The van der Waals surface area contributed by atoms with E-state index in [0.29, 0.717) is 0 Å². The standard InChI is InChI=1S/C24H18/c1-15-7-8-17-9-11-21-22(24(17)16(15)2)12-10-20-13-18-5-3-4-6-19(18)14-23(20)21/h3-14H,1-2H3. The maximum atomic E-state index is 2.34. The first-order valence-electron chi connectivity index (χ1n) is 8.46. The molecule has 0 heterocycles. The lowest BCUT2D eigenvalue weighted by Gasteiger charge is -2.12. The van der Waals surface area contributed by atoms with Gasteiger partial charge in [0.15, 0.2) is 0 Å². The summed E-state index contributed by atoms with van der Waals surface area (Å²) in [6.45, 7) is 4.43. The molecule has 0 amide bonds. The number of hydrogen-bond acceptors (Lipinski definition) is 0. The van der Waals surface area contributed by atoms with Gasteiger partial charge in [-0.15, -0.1) is 0 Å². The Morgan fingerprint density at radius 2 is 1.17 bits per heavy atom. The van der Waals surface area contributed by atoms with E-state index in [1.54, 1.807) is 0 Å². The monoisotopic (exact) mass is 306 g/mol. The van der Waals surface area contributed by atoms with E-state index in [0.717, 1.165) is 0 Å². The fourth-order valence-electron chi connectivity index (χ4n) is 3.94. The minimum absolute atomic E-state index is 1.30. The molecule has 0 aliphatic carbocycles. The van der Waals surface area contributed by atoms with Gasteiger partial charge in [-0.05, 0) is 80.2 Å². The van der Waals surface area contributed by atoms with E-state index in [4.69, 9.17) is 0 Å². The molecule has 0 spiro atoms. The summed E-state index contributed by atoms with van der Waals surface area (Å²) in [5.74, 6) is 0. The van der Waals surface area contributed by atoms with Crippen molar-refractivity contribution in [1.82, 2.24) is 0 Å². The normalized spacial score (nSPS) is 11.8. The fraction of sp³-hybridized carbons (Fsp3) is 0.0833. The number of aryl methyl sites for hydroxylation is 2. The van der Waals surface area contributed by atoms with Gasteiger partial charge in [-0.2, -0.15) is 0 Å². The van der Waals surface area contributed by atoms with Gasteiger partial charge in [0.2, 0.25) is 0 Å². The van der Waals surface area contributed by atoms with Crippen LogP contribution < -0.4 is 0 Å². The highest BCUT2D eigenvalue weighted by atomic mass is 14.1. The lowest BCUT2D eigenvalue weighted by atomic mass is 9.92. The van der Waals surface area contributed by atoms with Crippen LogP contribution in [-0.2, 0) is 0 Å². The molecular formula is C24H18. The molecule has 0 fully saturated rings. The molecule has 5 aromatic rings. The zero-order chi connectivity index (χ0) is 16.3. The Morgan fingerprint density at radius 1 is 0.500 bits per heavy atom. The maximum absolute atomic E-state index is 2.34.